The number of hydrogen-bond acceptors (Lipinski definition) is 11. The highest BCUT2D eigenvalue weighted by Crippen LogP contribution is 2.45. The Kier molecular flexibility index (Phi) is 7.07. The van der Waals surface area contributed by atoms with E-state index in [1.54, 1.807) is 6.92 Å². The van der Waals surface area contributed by atoms with E-state index in [9.17, 15) is 38.1 Å². The number of aliphatic hydroxyl groups is 3. The molecule has 1 aromatic carbocycles. The monoisotopic (exact) mass is 569 g/mol. The highest BCUT2D eigenvalue weighted by molar-refractivity contribution is 7.98. The zero-order valence-corrected chi connectivity index (χ0v) is 21.9. The summed E-state index contributed by atoms with van der Waals surface area (Å²) in [5, 5.41) is 38.7. The number of nitrogens with zero attached hydrogens (tertiary/aromatic N) is 4. The van der Waals surface area contributed by atoms with Crippen LogP contribution >= 0.6 is 7.60 Å². The molecule has 38 heavy (non-hydrogen) atoms. The van der Waals surface area contributed by atoms with Crippen LogP contribution in [0.25, 0.3) is 11.0 Å². The van der Waals surface area contributed by atoms with E-state index in [0.29, 0.717) is 17.0 Å². The molecule has 1 aliphatic carbocycles. The number of nitrogens with one attached hydrogen (secondary N) is 1. The molecular weight excluding hydrogens is 541 g/mol. The largest absolute Gasteiger partial charge is 0.394 e. The van der Waals surface area contributed by atoms with E-state index in [4.69, 9.17) is 4.74 Å². The summed E-state index contributed by atoms with van der Waals surface area (Å²) in [7, 11) is -9.84. The Balaban J connectivity index is 1.42. The van der Waals surface area contributed by atoms with Crippen LogP contribution in [0.2, 0.25) is 0 Å². The third-order valence-electron chi connectivity index (χ3n) is 6.93. The van der Waals surface area contributed by atoms with Crippen molar-refractivity contribution >= 4 is 34.3 Å². The first-order chi connectivity index (χ1) is 17.9. The van der Waals surface area contributed by atoms with Crippen LogP contribution in [0.1, 0.15) is 35.6 Å². The van der Waals surface area contributed by atoms with Gasteiger partial charge in [0.05, 0.1) is 30.0 Å². The highest BCUT2D eigenvalue weighted by Gasteiger charge is 2.49. The SMILES string of the molecule is Cc1nc(NC2CCc3ccccc32)c2cnn([C@@H]3O[C@H](CS(=O)(=O)C(CO)P(=O)(O)O)[C@@H](O)[C@H]3O)c2n1. The number of rotatable bonds is 8. The number of aliphatic hydroxyl groups excluding tert-OH is 3. The molecule has 14 nitrogen and oxygen atoms in total. The summed E-state index contributed by atoms with van der Waals surface area (Å²) >= 11 is 0. The van der Waals surface area contributed by atoms with Gasteiger partial charge in [0.1, 0.15) is 30.0 Å². The number of benzene rings is 1. The molecule has 1 fully saturated rings. The molecule has 5 rings (SSSR count). The molecule has 16 heteroatoms. The summed E-state index contributed by atoms with van der Waals surface area (Å²) < 4.78 is 43.6. The Labute approximate surface area is 217 Å². The predicted octanol–water partition coefficient (Wildman–Crippen LogP) is -0.236. The van der Waals surface area contributed by atoms with Crippen LogP contribution in [0.15, 0.2) is 30.5 Å². The molecule has 1 saturated heterocycles. The molecule has 2 aromatic heterocycles. The Morgan fingerprint density at radius 1 is 1.21 bits per heavy atom. The van der Waals surface area contributed by atoms with Crippen LogP contribution in [-0.4, -0.2) is 88.9 Å². The summed E-state index contributed by atoms with van der Waals surface area (Å²) in [5.74, 6) is -0.133. The Bertz CT molecular complexity index is 1510. The smallest absolute Gasteiger partial charge is 0.345 e. The molecule has 0 radical (unpaired) electrons. The summed E-state index contributed by atoms with van der Waals surface area (Å²) in [6, 6.07) is 8.13. The quantitative estimate of drug-likeness (QED) is 0.193. The summed E-state index contributed by atoms with van der Waals surface area (Å²) in [6.07, 6.45) is -2.98. The molecule has 0 bridgehead atoms. The lowest BCUT2D eigenvalue weighted by Crippen LogP contribution is -2.39. The lowest BCUT2D eigenvalue weighted by Gasteiger charge is -2.20. The number of aryl methyl sites for hydroxylation is 2. The molecule has 2 unspecified atom stereocenters. The van der Waals surface area contributed by atoms with Gasteiger partial charge in [-0.25, -0.2) is 23.1 Å². The first kappa shape index (κ1) is 27.1. The normalized spacial score (nSPS) is 26.5. The highest BCUT2D eigenvalue weighted by atomic mass is 32.2. The molecule has 3 heterocycles. The van der Waals surface area contributed by atoms with Crippen LogP contribution < -0.4 is 5.32 Å². The average molecular weight is 570 g/mol. The van der Waals surface area contributed by atoms with Gasteiger partial charge in [-0.1, -0.05) is 24.3 Å². The van der Waals surface area contributed by atoms with E-state index in [1.807, 2.05) is 12.1 Å². The predicted molar refractivity (Wildman–Crippen MR) is 134 cm³/mol. The number of hydrogen-bond donors (Lipinski definition) is 6. The number of fused-ring (bicyclic) bond motifs is 2. The Hall–Kier alpha value is -2.49. The van der Waals surface area contributed by atoms with Crippen LogP contribution in [-0.2, 0) is 25.6 Å². The molecule has 0 saturated carbocycles. The maximum absolute atomic E-state index is 12.6. The number of ether oxygens (including phenoxy) is 1. The molecule has 3 aromatic rings. The van der Waals surface area contributed by atoms with Crippen molar-refractivity contribution in [2.45, 2.75) is 55.3 Å². The fourth-order valence-corrected chi connectivity index (χ4v) is 8.37. The molecule has 6 N–H and O–H groups in total. The van der Waals surface area contributed by atoms with Gasteiger partial charge >= 0.3 is 7.60 Å². The van der Waals surface area contributed by atoms with Gasteiger partial charge in [-0.05, 0) is 30.9 Å². The summed E-state index contributed by atoms with van der Waals surface area (Å²) in [4.78, 5) is 25.2. The third-order valence-corrected chi connectivity index (χ3v) is 11.4. The lowest BCUT2D eigenvalue weighted by atomic mass is 10.1. The minimum atomic E-state index is -5.21. The first-order valence-electron chi connectivity index (χ1n) is 11.9. The summed E-state index contributed by atoms with van der Waals surface area (Å²) in [6.45, 7) is 0.362. The number of aromatic nitrogens is 4. The maximum atomic E-state index is 12.6. The van der Waals surface area contributed by atoms with Gasteiger partial charge in [-0.15, -0.1) is 0 Å². The van der Waals surface area contributed by atoms with Gasteiger partial charge in [0.15, 0.2) is 26.7 Å². The van der Waals surface area contributed by atoms with Gasteiger partial charge in [0.2, 0.25) is 0 Å². The van der Waals surface area contributed by atoms with Crippen molar-refractivity contribution in [2.24, 2.45) is 0 Å². The van der Waals surface area contributed by atoms with Gasteiger partial charge < -0.3 is 35.2 Å². The molecule has 2 aliphatic rings. The van der Waals surface area contributed by atoms with E-state index in [-0.39, 0.29) is 11.7 Å². The third kappa shape index (κ3) is 4.84. The van der Waals surface area contributed by atoms with Gasteiger partial charge in [-0.2, -0.15) is 5.10 Å². The first-order valence-corrected chi connectivity index (χ1v) is 15.3. The van der Waals surface area contributed by atoms with E-state index in [2.05, 4.69) is 32.5 Å². The topological polar surface area (TPSA) is 217 Å². The molecule has 206 valence electrons. The lowest BCUT2D eigenvalue weighted by molar-refractivity contribution is -0.0365. The van der Waals surface area contributed by atoms with Crippen molar-refractivity contribution in [1.29, 1.82) is 0 Å². The second kappa shape index (κ2) is 9.92. The number of sulfone groups is 1. The molecule has 6 atom stereocenters. The second-order valence-electron chi connectivity index (χ2n) is 9.48. The van der Waals surface area contributed by atoms with E-state index in [0.717, 1.165) is 12.8 Å². The fourth-order valence-electron chi connectivity index (χ4n) is 5.04. The van der Waals surface area contributed by atoms with Crippen molar-refractivity contribution in [3.8, 4) is 0 Å². The van der Waals surface area contributed by atoms with Gasteiger partial charge in [-0.3, -0.25) is 4.57 Å². The minimum absolute atomic E-state index is 0.0188. The minimum Gasteiger partial charge on any atom is -0.394 e. The maximum Gasteiger partial charge on any atom is 0.345 e. The van der Waals surface area contributed by atoms with Crippen molar-refractivity contribution in [1.82, 2.24) is 19.7 Å². The zero-order valence-electron chi connectivity index (χ0n) is 20.2. The van der Waals surface area contributed by atoms with Gasteiger partial charge in [0.25, 0.3) is 0 Å². The second-order valence-corrected chi connectivity index (χ2v) is 13.9. The Morgan fingerprint density at radius 3 is 2.66 bits per heavy atom. The van der Waals surface area contributed by atoms with Crippen molar-refractivity contribution < 1.29 is 42.8 Å². The van der Waals surface area contributed by atoms with Crippen molar-refractivity contribution in [3.63, 3.8) is 0 Å². The average Bonchev–Trinajstić information content (AvgIpc) is 3.51. The van der Waals surface area contributed by atoms with Gasteiger partial charge in [0, 0.05) is 0 Å². The number of anilines is 1. The van der Waals surface area contributed by atoms with Crippen LogP contribution in [0.4, 0.5) is 5.82 Å². The molecular formula is C22H28N5O9PS. The standard InChI is InChI=1S/C22H28N5O9PS/c1-11-24-20(26-15-7-6-12-4-2-3-5-13(12)15)14-8-23-27(21(14)25-11)22-19(30)18(29)16(36-22)10-38(34,35)17(9-28)37(31,32)33/h2-5,8,15-19,22,28-30H,6-7,9-10H2,1H3,(H,24,25,26)(H2,31,32,33)/t15?,16-,17?,18-,19-,22-/m1/s1. The van der Waals surface area contributed by atoms with Crippen molar-refractivity contribution in [2.75, 3.05) is 17.7 Å². The molecule has 0 amide bonds. The summed E-state index contributed by atoms with van der Waals surface area (Å²) in [5.41, 5.74) is 2.69. The fraction of sp³-hybridized carbons (Fsp3) is 0.500. The van der Waals surface area contributed by atoms with Crippen LogP contribution in [0, 0.1) is 6.92 Å². The zero-order chi connectivity index (χ0) is 27.4. The van der Waals surface area contributed by atoms with Crippen molar-refractivity contribution in [3.05, 3.63) is 47.4 Å². The molecule has 0 spiro atoms. The van der Waals surface area contributed by atoms with E-state index in [1.165, 1.54) is 22.0 Å². The van der Waals surface area contributed by atoms with Crippen LogP contribution in [0.5, 0.6) is 0 Å². The van der Waals surface area contributed by atoms with E-state index < -0.39 is 59.3 Å². The Morgan fingerprint density at radius 2 is 1.95 bits per heavy atom. The molecule has 1 aliphatic heterocycles. The van der Waals surface area contributed by atoms with Crippen LogP contribution in [0.3, 0.4) is 0 Å². The van der Waals surface area contributed by atoms with E-state index >= 15 is 0 Å².